The van der Waals surface area contributed by atoms with Gasteiger partial charge in [-0.05, 0) is 55.8 Å². The predicted molar refractivity (Wildman–Crippen MR) is 138 cm³/mol. The lowest BCUT2D eigenvalue weighted by Gasteiger charge is -2.22. The zero-order chi connectivity index (χ0) is 26.6. The fourth-order valence-corrected chi connectivity index (χ4v) is 3.93. The quantitative estimate of drug-likeness (QED) is 0.320. The summed E-state index contributed by atoms with van der Waals surface area (Å²) in [7, 11) is 1.31. The van der Waals surface area contributed by atoms with Gasteiger partial charge in [0.05, 0.1) is 12.7 Å². The number of carbonyl (C=O) groups is 4. The van der Waals surface area contributed by atoms with E-state index in [0.717, 1.165) is 10.5 Å². The molecule has 1 atom stereocenters. The molecule has 4 rings (SSSR count). The molecule has 3 aromatic rings. The summed E-state index contributed by atoms with van der Waals surface area (Å²) in [5, 5.41) is 5.41. The van der Waals surface area contributed by atoms with Gasteiger partial charge in [0.2, 0.25) is 5.91 Å². The number of methoxy groups -OCH3 is 1. The normalized spacial score (nSPS) is 16.5. The number of anilines is 1. The second-order valence-corrected chi connectivity index (χ2v) is 8.76. The number of hydrogen-bond acceptors (Lipinski definition) is 5. The van der Waals surface area contributed by atoms with Gasteiger partial charge in [0, 0.05) is 16.8 Å². The van der Waals surface area contributed by atoms with Crippen molar-refractivity contribution in [2.24, 2.45) is 0 Å². The summed E-state index contributed by atoms with van der Waals surface area (Å²) >= 11 is 0. The van der Waals surface area contributed by atoms with Gasteiger partial charge in [-0.15, -0.1) is 0 Å². The number of amides is 4. The molecular formula is C29H25N3O5. The van der Waals surface area contributed by atoms with Crippen LogP contribution >= 0.6 is 0 Å². The lowest BCUT2D eigenvalue weighted by molar-refractivity contribution is -0.133. The standard InChI is InChI=1S/C29H25N3O5/c1-19-10-14-23(15-11-19)29(2)27(35)32(28(36)31-29)18-25(33)30-24-9-5-7-21(17-24)13-12-20-6-4-8-22(16-20)26(34)37-3/h4-11,14-17H,18H2,1-3H3,(H,30,33)(H,31,36). The molecule has 8 nitrogen and oxygen atoms in total. The molecule has 0 radical (unpaired) electrons. The van der Waals surface area contributed by atoms with Crippen molar-refractivity contribution in [2.75, 3.05) is 19.0 Å². The first kappa shape index (κ1) is 25.2. The van der Waals surface area contributed by atoms with Crippen LogP contribution in [0.4, 0.5) is 10.5 Å². The molecule has 8 heteroatoms. The second kappa shape index (κ2) is 10.4. The number of rotatable bonds is 5. The first-order chi connectivity index (χ1) is 17.7. The molecule has 37 heavy (non-hydrogen) atoms. The van der Waals surface area contributed by atoms with Crippen molar-refractivity contribution in [1.82, 2.24) is 10.2 Å². The van der Waals surface area contributed by atoms with Crippen LogP contribution in [0.5, 0.6) is 0 Å². The van der Waals surface area contributed by atoms with E-state index in [-0.39, 0.29) is 0 Å². The number of nitrogens with one attached hydrogen (secondary N) is 2. The van der Waals surface area contributed by atoms with Crippen molar-refractivity contribution in [2.45, 2.75) is 19.4 Å². The van der Waals surface area contributed by atoms with Gasteiger partial charge in [-0.3, -0.25) is 14.5 Å². The molecule has 0 aliphatic carbocycles. The van der Waals surface area contributed by atoms with Gasteiger partial charge in [0.1, 0.15) is 12.1 Å². The molecule has 0 aromatic heterocycles. The van der Waals surface area contributed by atoms with Crippen molar-refractivity contribution in [1.29, 1.82) is 0 Å². The summed E-state index contributed by atoms with van der Waals surface area (Å²) in [6.45, 7) is 3.13. The topological polar surface area (TPSA) is 105 Å². The summed E-state index contributed by atoms with van der Waals surface area (Å²) in [6, 6.07) is 20.3. The van der Waals surface area contributed by atoms with Crippen molar-refractivity contribution in [3.63, 3.8) is 0 Å². The van der Waals surface area contributed by atoms with Crippen LogP contribution in [0.1, 0.15) is 39.5 Å². The van der Waals surface area contributed by atoms with Crippen molar-refractivity contribution in [3.8, 4) is 11.8 Å². The van der Waals surface area contributed by atoms with E-state index in [2.05, 4.69) is 22.5 Å². The number of esters is 1. The number of carbonyl (C=O) groups excluding carboxylic acids is 4. The minimum atomic E-state index is -1.24. The highest BCUT2D eigenvalue weighted by molar-refractivity contribution is 6.10. The third-order valence-electron chi connectivity index (χ3n) is 5.99. The first-order valence-corrected chi connectivity index (χ1v) is 11.5. The van der Waals surface area contributed by atoms with Crippen LogP contribution in [0.3, 0.4) is 0 Å². The molecule has 1 unspecified atom stereocenters. The minimum absolute atomic E-state index is 0.397. The molecule has 1 fully saturated rings. The van der Waals surface area contributed by atoms with E-state index in [1.54, 1.807) is 67.6 Å². The largest absolute Gasteiger partial charge is 0.465 e. The lowest BCUT2D eigenvalue weighted by Crippen LogP contribution is -2.42. The Labute approximate surface area is 214 Å². The highest BCUT2D eigenvalue weighted by atomic mass is 16.5. The summed E-state index contributed by atoms with van der Waals surface area (Å²) < 4.78 is 4.73. The molecule has 0 spiro atoms. The number of imide groups is 1. The van der Waals surface area contributed by atoms with Crippen LogP contribution in [-0.2, 0) is 19.9 Å². The fourth-order valence-electron chi connectivity index (χ4n) is 3.93. The van der Waals surface area contributed by atoms with E-state index in [0.29, 0.717) is 27.9 Å². The Bertz CT molecular complexity index is 1450. The van der Waals surface area contributed by atoms with Gasteiger partial charge in [-0.2, -0.15) is 0 Å². The van der Waals surface area contributed by atoms with E-state index in [1.165, 1.54) is 7.11 Å². The molecule has 1 heterocycles. The molecule has 4 amide bonds. The molecule has 2 N–H and O–H groups in total. The Morgan fingerprint density at radius 2 is 1.62 bits per heavy atom. The molecular weight excluding hydrogens is 470 g/mol. The van der Waals surface area contributed by atoms with E-state index >= 15 is 0 Å². The first-order valence-electron chi connectivity index (χ1n) is 11.5. The maximum absolute atomic E-state index is 13.1. The van der Waals surface area contributed by atoms with Crippen LogP contribution in [-0.4, -0.2) is 42.4 Å². The number of urea groups is 1. The van der Waals surface area contributed by atoms with E-state index in [1.807, 2.05) is 19.1 Å². The smallest absolute Gasteiger partial charge is 0.337 e. The predicted octanol–water partition coefficient (Wildman–Crippen LogP) is 3.59. The Morgan fingerprint density at radius 1 is 0.973 bits per heavy atom. The van der Waals surface area contributed by atoms with Gasteiger partial charge in [-0.25, -0.2) is 9.59 Å². The van der Waals surface area contributed by atoms with E-state index in [4.69, 9.17) is 4.74 Å². The van der Waals surface area contributed by atoms with Gasteiger partial charge >= 0.3 is 12.0 Å². The van der Waals surface area contributed by atoms with Crippen molar-refractivity contribution < 1.29 is 23.9 Å². The van der Waals surface area contributed by atoms with Crippen LogP contribution in [0, 0.1) is 18.8 Å². The Balaban J connectivity index is 1.43. The number of aryl methyl sites for hydroxylation is 1. The maximum atomic E-state index is 13.1. The van der Waals surface area contributed by atoms with Gasteiger partial charge < -0.3 is 15.4 Å². The molecule has 3 aromatic carbocycles. The van der Waals surface area contributed by atoms with Crippen LogP contribution < -0.4 is 10.6 Å². The molecule has 0 bridgehead atoms. The average molecular weight is 496 g/mol. The Morgan fingerprint density at radius 3 is 2.30 bits per heavy atom. The van der Waals surface area contributed by atoms with E-state index in [9.17, 15) is 19.2 Å². The summed E-state index contributed by atoms with van der Waals surface area (Å²) in [6.07, 6.45) is 0. The molecule has 1 aliphatic rings. The summed E-state index contributed by atoms with van der Waals surface area (Å²) in [4.78, 5) is 51.0. The number of benzene rings is 3. The third kappa shape index (κ3) is 5.52. The van der Waals surface area contributed by atoms with Crippen LogP contribution in [0.2, 0.25) is 0 Å². The number of ether oxygens (including phenoxy) is 1. The molecule has 1 saturated heterocycles. The zero-order valence-corrected chi connectivity index (χ0v) is 20.6. The highest BCUT2D eigenvalue weighted by Crippen LogP contribution is 2.29. The molecule has 186 valence electrons. The minimum Gasteiger partial charge on any atom is -0.465 e. The zero-order valence-electron chi connectivity index (χ0n) is 20.6. The van der Waals surface area contributed by atoms with Crippen molar-refractivity contribution >= 4 is 29.5 Å². The number of hydrogen-bond donors (Lipinski definition) is 2. The third-order valence-corrected chi connectivity index (χ3v) is 5.99. The maximum Gasteiger partial charge on any atom is 0.337 e. The van der Waals surface area contributed by atoms with Gasteiger partial charge in [-0.1, -0.05) is 53.8 Å². The average Bonchev–Trinajstić information content (AvgIpc) is 3.11. The SMILES string of the molecule is COC(=O)c1cccc(C#Cc2cccc(NC(=O)CN3C(=O)NC(C)(c4ccc(C)cc4)C3=O)c2)c1. The molecule has 0 saturated carbocycles. The van der Waals surface area contributed by atoms with E-state index < -0.39 is 35.9 Å². The monoisotopic (exact) mass is 495 g/mol. The van der Waals surface area contributed by atoms with Crippen molar-refractivity contribution in [3.05, 3.63) is 101 Å². The van der Waals surface area contributed by atoms with Crippen LogP contribution in [0.25, 0.3) is 0 Å². The lowest BCUT2D eigenvalue weighted by atomic mass is 9.91. The Kier molecular flexibility index (Phi) is 7.07. The molecule has 1 aliphatic heterocycles. The fraction of sp³-hybridized carbons (Fsp3) is 0.172. The van der Waals surface area contributed by atoms with Gasteiger partial charge in [0.15, 0.2) is 0 Å². The highest BCUT2D eigenvalue weighted by Gasteiger charge is 2.49. The number of nitrogens with zero attached hydrogens (tertiary/aromatic N) is 1. The van der Waals surface area contributed by atoms with Gasteiger partial charge in [0.25, 0.3) is 5.91 Å². The Hall–Kier alpha value is -4.90. The summed E-state index contributed by atoms with van der Waals surface area (Å²) in [5.74, 6) is 4.52. The van der Waals surface area contributed by atoms with Crippen LogP contribution in [0.15, 0.2) is 72.8 Å². The second-order valence-electron chi connectivity index (χ2n) is 8.76. The summed E-state index contributed by atoms with van der Waals surface area (Å²) in [5.41, 5.74) is 2.55.